The van der Waals surface area contributed by atoms with E-state index in [0.29, 0.717) is 4.99 Å². The highest BCUT2D eigenvalue weighted by molar-refractivity contribution is 7.80. The van der Waals surface area contributed by atoms with Crippen LogP contribution in [-0.4, -0.2) is 34.7 Å². The van der Waals surface area contributed by atoms with Gasteiger partial charge in [-0.2, -0.15) is 0 Å². The number of aliphatic hydroxyl groups is 1. The van der Waals surface area contributed by atoms with E-state index in [1.54, 1.807) is 0 Å². The van der Waals surface area contributed by atoms with Gasteiger partial charge in [-0.3, -0.25) is 0 Å². The number of nitrogens with zero attached hydrogens (tertiary/aromatic N) is 1. The van der Waals surface area contributed by atoms with Gasteiger partial charge >= 0.3 is 0 Å². The molecule has 0 radical (unpaired) electrons. The summed E-state index contributed by atoms with van der Waals surface area (Å²) in [7, 11) is 0. The second-order valence-corrected chi connectivity index (χ2v) is 3.42. The Hall–Kier alpha value is -0.150. The van der Waals surface area contributed by atoms with Crippen LogP contribution in [0.1, 0.15) is 25.7 Å². The average molecular weight is 173 g/mol. The van der Waals surface area contributed by atoms with E-state index in [1.165, 1.54) is 25.7 Å². The van der Waals surface area contributed by atoms with Crippen LogP contribution in [0.2, 0.25) is 0 Å². The van der Waals surface area contributed by atoms with E-state index in [4.69, 9.17) is 17.3 Å². The van der Waals surface area contributed by atoms with Crippen LogP contribution in [0, 0.1) is 0 Å². The van der Waals surface area contributed by atoms with Crippen LogP contribution in [0.5, 0.6) is 0 Å². The summed E-state index contributed by atoms with van der Waals surface area (Å²) in [6, 6.07) is 0. The topological polar surface area (TPSA) is 23.5 Å². The zero-order valence-corrected chi connectivity index (χ0v) is 7.57. The summed E-state index contributed by atoms with van der Waals surface area (Å²) in [5.74, 6) is 0. The SMILES string of the molecule is OCC(=S)N1CCCCCC1. The van der Waals surface area contributed by atoms with Gasteiger partial charge in [-0.15, -0.1) is 0 Å². The van der Waals surface area contributed by atoms with E-state index in [0.717, 1.165) is 13.1 Å². The van der Waals surface area contributed by atoms with Crippen LogP contribution in [0.3, 0.4) is 0 Å². The van der Waals surface area contributed by atoms with Gasteiger partial charge in [0.2, 0.25) is 0 Å². The maximum atomic E-state index is 8.80. The van der Waals surface area contributed by atoms with Crippen molar-refractivity contribution in [1.82, 2.24) is 4.90 Å². The standard InChI is InChI=1S/C8H15NOS/c10-7-8(11)9-5-3-1-2-4-6-9/h10H,1-7H2. The molecule has 0 aromatic heterocycles. The monoisotopic (exact) mass is 173 g/mol. The molecule has 1 N–H and O–H groups in total. The molecular formula is C8H15NOS. The molecule has 1 saturated heterocycles. The number of rotatable bonds is 1. The molecule has 0 aromatic carbocycles. The Bertz CT molecular complexity index is 130. The van der Waals surface area contributed by atoms with Gasteiger partial charge in [-0.1, -0.05) is 25.1 Å². The first-order valence-electron chi connectivity index (χ1n) is 4.23. The van der Waals surface area contributed by atoms with Crippen LogP contribution in [0.4, 0.5) is 0 Å². The van der Waals surface area contributed by atoms with Crippen molar-refractivity contribution in [3.05, 3.63) is 0 Å². The highest BCUT2D eigenvalue weighted by atomic mass is 32.1. The summed E-state index contributed by atoms with van der Waals surface area (Å²) in [6.07, 6.45) is 5.06. The van der Waals surface area contributed by atoms with Gasteiger partial charge in [0, 0.05) is 13.1 Å². The van der Waals surface area contributed by atoms with Crippen molar-refractivity contribution in [1.29, 1.82) is 0 Å². The smallest absolute Gasteiger partial charge is 0.104 e. The van der Waals surface area contributed by atoms with Crippen molar-refractivity contribution in [3.63, 3.8) is 0 Å². The maximum absolute atomic E-state index is 8.80. The normalized spacial score (nSPS) is 19.5. The van der Waals surface area contributed by atoms with Crippen molar-refractivity contribution in [3.8, 4) is 0 Å². The van der Waals surface area contributed by atoms with Gasteiger partial charge in [0.1, 0.15) is 4.99 Å². The average Bonchev–Trinajstić information content (AvgIpc) is 2.30. The number of thiocarbonyl (C=S) groups is 1. The number of aliphatic hydroxyl groups excluding tert-OH is 1. The molecule has 0 aromatic rings. The minimum Gasteiger partial charge on any atom is -0.389 e. The highest BCUT2D eigenvalue weighted by Crippen LogP contribution is 2.09. The van der Waals surface area contributed by atoms with Crippen LogP contribution < -0.4 is 0 Å². The second-order valence-electron chi connectivity index (χ2n) is 2.95. The first-order valence-corrected chi connectivity index (χ1v) is 4.64. The molecule has 1 aliphatic heterocycles. The largest absolute Gasteiger partial charge is 0.389 e. The van der Waals surface area contributed by atoms with Gasteiger partial charge < -0.3 is 10.0 Å². The molecule has 2 nitrogen and oxygen atoms in total. The number of likely N-dealkylation sites (tertiary alicyclic amines) is 1. The zero-order chi connectivity index (χ0) is 8.10. The Labute approximate surface area is 73.2 Å². The van der Waals surface area contributed by atoms with Crippen LogP contribution in [-0.2, 0) is 0 Å². The quantitative estimate of drug-likeness (QED) is 0.602. The third-order valence-electron chi connectivity index (χ3n) is 2.09. The van der Waals surface area contributed by atoms with Crippen molar-refractivity contribution < 1.29 is 5.11 Å². The molecule has 0 unspecified atom stereocenters. The lowest BCUT2D eigenvalue weighted by Gasteiger charge is -2.21. The Morgan fingerprint density at radius 3 is 2.18 bits per heavy atom. The molecule has 11 heavy (non-hydrogen) atoms. The molecule has 0 spiro atoms. The van der Waals surface area contributed by atoms with Gasteiger partial charge in [0.25, 0.3) is 0 Å². The Kier molecular flexibility index (Phi) is 3.80. The summed E-state index contributed by atoms with van der Waals surface area (Å²) < 4.78 is 0. The summed E-state index contributed by atoms with van der Waals surface area (Å²) in [4.78, 5) is 2.84. The summed E-state index contributed by atoms with van der Waals surface area (Å²) in [5, 5.41) is 8.80. The number of hydrogen-bond acceptors (Lipinski definition) is 2. The molecule has 1 rings (SSSR count). The lowest BCUT2D eigenvalue weighted by molar-refractivity contribution is 0.327. The van der Waals surface area contributed by atoms with Crippen LogP contribution in [0.15, 0.2) is 0 Å². The van der Waals surface area contributed by atoms with E-state index < -0.39 is 0 Å². The molecule has 0 amide bonds. The van der Waals surface area contributed by atoms with Gasteiger partial charge in [-0.05, 0) is 12.8 Å². The molecule has 0 bridgehead atoms. The van der Waals surface area contributed by atoms with Crippen LogP contribution in [0.25, 0.3) is 0 Å². The second kappa shape index (κ2) is 4.67. The minimum atomic E-state index is 0.0370. The van der Waals surface area contributed by atoms with E-state index >= 15 is 0 Å². The number of hydrogen-bond donors (Lipinski definition) is 1. The highest BCUT2D eigenvalue weighted by Gasteiger charge is 2.10. The Morgan fingerprint density at radius 1 is 1.18 bits per heavy atom. The lowest BCUT2D eigenvalue weighted by Crippen LogP contribution is -2.32. The van der Waals surface area contributed by atoms with Gasteiger partial charge in [0.15, 0.2) is 0 Å². The van der Waals surface area contributed by atoms with E-state index in [2.05, 4.69) is 4.90 Å². The fraction of sp³-hybridized carbons (Fsp3) is 0.875. The molecule has 0 saturated carbocycles. The predicted molar refractivity (Wildman–Crippen MR) is 49.7 cm³/mol. The fourth-order valence-corrected chi connectivity index (χ4v) is 1.60. The first-order chi connectivity index (χ1) is 5.34. The molecule has 0 atom stereocenters. The summed E-state index contributed by atoms with van der Waals surface area (Å²) in [6.45, 7) is 2.12. The van der Waals surface area contributed by atoms with Crippen molar-refractivity contribution in [2.24, 2.45) is 0 Å². The van der Waals surface area contributed by atoms with Gasteiger partial charge in [0.05, 0.1) is 6.61 Å². The maximum Gasteiger partial charge on any atom is 0.104 e. The van der Waals surface area contributed by atoms with E-state index in [9.17, 15) is 0 Å². The zero-order valence-electron chi connectivity index (χ0n) is 6.75. The molecular weight excluding hydrogens is 158 g/mol. The molecule has 1 aliphatic rings. The molecule has 3 heteroatoms. The van der Waals surface area contributed by atoms with Crippen molar-refractivity contribution >= 4 is 17.2 Å². The third kappa shape index (κ3) is 2.75. The van der Waals surface area contributed by atoms with E-state index in [1.807, 2.05) is 0 Å². The van der Waals surface area contributed by atoms with Gasteiger partial charge in [-0.25, -0.2) is 0 Å². The Balaban J connectivity index is 2.36. The van der Waals surface area contributed by atoms with E-state index in [-0.39, 0.29) is 6.61 Å². The molecule has 1 heterocycles. The van der Waals surface area contributed by atoms with Crippen molar-refractivity contribution in [2.75, 3.05) is 19.7 Å². The van der Waals surface area contributed by atoms with Crippen LogP contribution >= 0.6 is 12.2 Å². The Morgan fingerprint density at radius 2 is 1.73 bits per heavy atom. The molecule has 64 valence electrons. The predicted octanol–water partition coefficient (Wildman–Crippen LogP) is 1.18. The minimum absolute atomic E-state index is 0.0370. The molecule has 1 fully saturated rings. The lowest BCUT2D eigenvalue weighted by atomic mass is 10.2. The molecule has 0 aliphatic carbocycles. The third-order valence-corrected chi connectivity index (χ3v) is 2.48. The summed E-state index contributed by atoms with van der Waals surface area (Å²) >= 11 is 5.01. The fourth-order valence-electron chi connectivity index (χ4n) is 1.42. The van der Waals surface area contributed by atoms with Crippen molar-refractivity contribution in [2.45, 2.75) is 25.7 Å². The first kappa shape index (κ1) is 8.94. The summed E-state index contributed by atoms with van der Waals surface area (Å²) in [5.41, 5.74) is 0.